The number of fused-ring (bicyclic) bond motifs is 4. The van der Waals surface area contributed by atoms with Crippen LogP contribution in [0.3, 0.4) is 0 Å². The second-order valence-electron chi connectivity index (χ2n) is 14.0. The van der Waals surface area contributed by atoms with E-state index in [2.05, 4.69) is 20.8 Å². The van der Waals surface area contributed by atoms with E-state index in [-0.39, 0.29) is 12.2 Å². The van der Waals surface area contributed by atoms with Crippen molar-refractivity contribution >= 4 is 12.2 Å². The molecule has 0 aromatic carbocycles. The number of nitrogens with zero attached hydrogens (tertiary/aromatic N) is 2. The van der Waals surface area contributed by atoms with E-state index < -0.39 is 0 Å². The Balaban J connectivity index is 1.08. The molecule has 37 heavy (non-hydrogen) atoms. The highest BCUT2D eigenvalue weighted by molar-refractivity contribution is 5.70. The number of piperazine rings is 1. The summed E-state index contributed by atoms with van der Waals surface area (Å²) in [5.74, 6) is 4.29. The Morgan fingerprint density at radius 3 is 2.27 bits per heavy atom. The zero-order valence-corrected chi connectivity index (χ0v) is 23.7. The Morgan fingerprint density at radius 1 is 0.919 bits per heavy atom. The van der Waals surface area contributed by atoms with Gasteiger partial charge in [0.1, 0.15) is 0 Å². The summed E-state index contributed by atoms with van der Waals surface area (Å²) >= 11 is 0. The molecular weight excluding hydrogens is 468 g/mol. The molecule has 0 aromatic rings. The van der Waals surface area contributed by atoms with E-state index in [1.807, 2.05) is 7.11 Å². The first-order valence-corrected chi connectivity index (χ1v) is 15.0. The summed E-state index contributed by atoms with van der Waals surface area (Å²) in [6, 6.07) is 0. The monoisotopic (exact) mass is 516 g/mol. The summed E-state index contributed by atoms with van der Waals surface area (Å²) in [7, 11) is 3.36. The zero-order chi connectivity index (χ0) is 26.2. The van der Waals surface area contributed by atoms with Gasteiger partial charge in [0.2, 0.25) is 0 Å². The minimum Gasteiger partial charge on any atom is -0.453 e. The van der Waals surface area contributed by atoms with E-state index in [4.69, 9.17) is 14.2 Å². The molecule has 5 saturated carbocycles. The van der Waals surface area contributed by atoms with Gasteiger partial charge in [0.15, 0.2) is 0 Å². The number of hydrogen-bond acceptors (Lipinski definition) is 5. The third kappa shape index (κ3) is 3.61. The summed E-state index contributed by atoms with van der Waals surface area (Å²) in [5.41, 5.74) is 1.29. The van der Waals surface area contributed by atoms with Crippen LogP contribution in [0.5, 0.6) is 0 Å². The third-order valence-corrected chi connectivity index (χ3v) is 13.0. The van der Waals surface area contributed by atoms with Gasteiger partial charge >= 0.3 is 12.2 Å². The normalized spacial score (nSPS) is 46.8. The lowest BCUT2D eigenvalue weighted by Crippen LogP contribution is -2.57. The van der Waals surface area contributed by atoms with Crippen LogP contribution in [0.2, 0.25) is 0 Å². The lowest BCUT2D eigenvalue weighted by Gasteiger charge is -2.61. The molecule has 7 heteroatoms. The van der Waals surface area contributed by atoms with E-state index in [1.54, 1.807) is 9.80 Å². The van der Waals surface area contributed by atoms with Crippen LogP contribution >= 0.6 is 0 Å². The van der Waals surface area contributed by atoms with Crippen molar-refractivity contribution in [3.8, 4) is 0 Å². The van der Waals surface area contributed by atoms with Crippen molar-refractivity contribution in [2.24, 2.45) is 51.8 Å². The molecule has 7 nitrogen and oxygen atoms in total. The first-order chi connectivity index (χ1) is 17.7. The number of amides is 2. The summed E-state index contributed by atoms with van der Waals surface area (Å²) in [4.78, 5) is 27.9. The molecule has 1 unspecified atom stereocenters. The number of carbonyl (C=O) groups is 2. The quantitative estimate of drug-likeness (QED) is 0.499. The molecule has 1 spiro atoms. The maximum atomic E-state index is 12.8. The van der Waals surface area contributed by atoms with E-state index in [1.165, 1.54) is 58.5 Å². The fourth-order valence-corrected chi connectivity index (χ4v) is 11.2. The van der Waals surface area contributed by atoms with Crippen LogP contribution in [0.4, 0.5) is 9.59 Å². The average molecular weight is 517 g/mol. The Hall–Kier alpha value is -1.50. The lowest BCUT2D eigenvalue weighted by molar-refractivity contribution is -0.161. The fraction of sp³-hybridized carbons (Fsp3) is 0.933. The highest BCUT2D eigenvalue weighted by Gasteiger charge is 2.77. The van der Waals surface area contributed by atoms with Crippen LogP contribution < -0.4 is 0 Å². The molecule has 0 aromatic heterocycles. The van der Waals surface area contributed by atoms with Gasteiger partial charge < -0.3 is 24.0 Å². The maximum absolute atomic E-state index is 12.8. The fourth-order valence-electron chi connectivity index (χ4n) is 11.2. The molecule has 208 valence electrons. The van der Waals surface area contributed by atoms with E-state index in [0.29, 0.717) is 67.0 Å². The highest BCUT2D eigenvalue weighted by Crippen LogP contribution is 2.82. The van der Waals surface area contributed by atoms with Crippen molar-refractivity contribution in [1.82, 2.24) is 9.80 Å². The van der Waals surface area contributed by atoms with Gasteiger partial charge in [-0.05, 0) is 97.7 Å². The molecule has 0 bridgehead atoms. The summed E-state index contributed by atoms with van der Waals surface area (Å²) < 4.78 is 16.9. The summed E-state index contributed by atoms with van der Waals surface area (Å²) in [5, 5.41) is 0. The number of hydrogen-bond donors (Lipinski definition) is 0. The molecule has 0 radical (unpaired) electrons. The van der Waals surface area contributed by atoms with Crippen LogP contribution in [-0.4, -0.2) is 75.1 Å². The number of carbonyl (C=O) groups excluding carboxylic acids is 2. The van der Waals surface area contributed by atoms with Crippen molar-refractivity contribution in [2.45, 2.75) is 78.2 Å². The SMILES string of the molecule is COC(=O)N1CCN(C(=O)OC[C@@H](C)[C@H]2CC[C@H]3[C@@H]4CC(OC)[C@@]56C[C@H]5CC[C@]6(C)[C@H]4CC[C@]23C)CC1. The van der Waals surface area contributed by atoms with Gasteiger partial charge in [-0.15, -0.1) is 0 Å². The Kier molecular flexibility index (Phi) is 6.28. The standard InChI is InChI=1S/C30H48N2O5/c1-19(18-37-27(34)32-14-12-31(13-15-32)26(33)36-5)22-6-7-23-21-16-25(35-4)30-17-20(30)8-11-29(30,3)24(21)9-10-28(22,23)2/h19-25H,6-18H2,1-5H3/t19-,20-,21+,22-,23+,24+,25?,28-,29-,30-/m1/s1. The van der Waals surface area contributed by atoms with Gasteiger partial charge in [0, 0.05) is 38.7 Å². The van der Waals surface area contributed by atoms with Gasteiger partial charge in [0.05, 0.1) is 19.8 Å². The average Bonchev–Trinajstić information content (AvgIpc) is 3.42. The van der Waals surface area contributed by atoms with Crippen molar-refractivity contribution in [3.05, 3.63) is 0 Å². The molecule has 1 aliphatic heterocycles. The second kappa shape index (κ2) is 9.02. The molecule has 6 rings (SSSR count). The highest BCUT2D eigenvalue weighted by atomic mass is 16.6. The molecule has 6 fully saturated rings. The van der Waals surface area contributed by atoms with Gasteiger partial charge in [-0.2, -0.15) is 0 Å². The molecule has 6 aliphatic rings. The van der Waals surface area contributed by atoms with Crippen LogP contribution in [0.25, 0.3) is 0 Å². The molecule has 10 atom stereocenters. The summed E-state index contributed by atoms with van der Waals surface area (Å²) in [6.45, 7) is 9.97. The van der Waals surface area contributed by atoms with E-state index in [0.717, 1.165) is 23.7 Å². The topological polar surface area (TPSA) is 68.3 Å². The number of ether oxygens (including phenoxy) is 3. The van der Waals surface area contributed by atoms with E-state index >= 15 is 0 Å². The molecule has 2 amide bonds. The van der Waals surface area contributed by atoms with Crippen molar-refractivity contribution < 1.29 is 23.8 Å². The Bertz CT molecular complexity index is 920. The second-order valence-corrected chi connectivity index (χ2v) is 14.0. The Labute approximate surface area is 222 Å². The molecule has 0 N–H and O–H groups in total. The Morgan fingerprint density at radius 2 is 1.62 bits per heavy atom. The van der Waals surface area contributed by atoms with Crippen LogP contribution in [0, 0.1) is 51.8 Å². The van der Waals surface area contributed by atoms with Crippen molar-refractivity contribution in [2.75, 3.05) is 47.0 Å². The van der Waals surface area contributed by atoms with Crippen LogP contribution in [-0.2, 0) is 14.2 Å². The third-order valence-electron chi connectivity index (χ3n) is 13.0. The van der Waals surface area contributed by atoms with Crippen molar-refractivity contribution in [3.63, 3.8) is 0 Å². The minimum absolute atomic E-state index is 0.242. The molecule has 1 saturated heterocycles. The number of methoxy groups -OCH3 is 2. The lowest BCUT2D eigenvalue weighted by atomic mass is 9.45. The van der Waals surface area contributed by atoms with Gasteiger partial charge in [-0.25, -0.2) is 9.59 Å². The van der Waals surface area contributed by atoms with Crippen LogP contribution in [0.1, 0.15) is 72.1 Å². The molecule has 5 aliphatic carbocycles. The molecule has 1 heterocycles. The van der Waals surface area contributed by atoms with E-state index in [9.17, 15) is 9.59 Å². The van der Waals surface area contributed by atoms with Crippen molar-refractivity contribution in [1.29, 1.82) is 0 Å². The van der Waals surface area contributed by atoms with Gasteiger partial charge in [-0.3, -0.25) is 0 Å². The van der Waals surface area contributed by atoms with Gasteiger partial charge in [-0.1, -0.05) is 20.8 Å². The maximum Gasteiger partial charge on any atom is 0.409 e. The first-order valence-electron chi connectivity index (χ1n) is 15.0. The smallest absolute Gasteiger partial charge is 0.409 e. The van der Waals surface area contributed by atoms with Crippen LogP contribution in [0.15, 0.2) is 0 Å². The van der Waals surface area contributed by atoms with Gasteiger partial charge in [0.25, 0.3) is 0 Å². The predicted molar refractivity (Wildman–Crippen MR) is 140 cm³/mol. The first kappa shape index (κ1) is 25.8. The zero-order valence-electron chi connectivity index (χ0n) is 23.7. The number of rotatable bonds is 4. The largest absolute Gasteiger partial charge is 0.453 e. The summed E-state index contributed by atoms with van der Waals surface area (Å²) in [6.07, 6.45) is 10.6. The molecular formula is C30H48N2O5. The minimum atomic E-state index is -0.329. The predicted octanol–water partition coefficient (Wildman–Crippen LogP) is 5.43.